The van der Waals surface area contributed by atoms with E-state index >= 15 is 0 Å². The van der Waals surface area contributed by atoms with Crippen LogP contribution in [0.25, 0.3) is 0 Å². The number of unbranched alkanes of at least 4 members (excludes halogenated alkanes) is 3. The molecule has 0 saturated carbocycles. The van der Waals surface area contributed by atoms with E-state index in [1.54, 1.807) is 6.08 Å². The van der Waals surface area contributed by atoms with Crippen molar-refractivity contribution in [1.82, 2.24) is 0 Å². The minimum Gasteiger partial charge on any atom is -0.295 e. The minimum absolute atomic E-state index is 0.297. The van der Waals surface area contributed by atoms with Crippen molar-refractivity contribution in [2.24, 2.45) is 5.92 Å². The molecule has 1 atom stereocenters. The standard InChI is InChI=1S/C11H17ClO/c12-8-4-2-1-3-5-10-6-7-11(13)9-10/h6-7,10H,1-5,8-9H2. The number of allylic oxidation sites excluding steroid dienone is 2. The molecule has 0 radical (unpaired) electrons. The first-order valence-electron chi connectivity index (χ1n) is 5.10. The molecule has 0 amide bonds. The zero-order chi connectivity index (χ0) is 9.52. The number of carbonyl (C=O) groups is 1. The van der Waals surface area contributed by atoms with Gasteiger partial charge in [-0.05, 0) is 24.8 Å². The number of carbonyl (C=O) groups excluding carboxylic acids is 1. The summed E-state index contributed by atoms with van der Waals surface area (Å²) >= 11 is 5.57. The van der Waals surface area contributed by atoms with Crippen LogP contribution < -0.4 is 0 Å². The second-order valence-electron chi connectivity index (χ2n) is 3.68. The molecular formula is C11H17ClO. The Morgan fingerprint density at radius 3 is 2.69 bits per heavy atom. The molecule has 1 unspecified atom stereocenters. The molecule has 2 heteroatoms. The highest BCUT2D eigenvalue weighted by atomic mass is 35.5. The van der Waals surface area contributed by atoms with Gasteiger partial charge in [-0.25, -0.2) is 0 Å². The second kappa shape index (κ2) is 6.20. The summed E-state index contributed by atoms with van der Waals surface area (Å²) in [5.74, 6) is 1.61. The fraction of sp³-hybridized carbons (Fsp3) is 0.727. The van der Waals surface area contributed by atoms with Crippen LogP contribution in [-0.4, -0.2) is 11.7 Å². The minimum atomic E-state index is 0.297. The maximum absolute atomic E-state index is 10.9. The summed E-state index contributed by atoms with van der Waals surface area (Å²) in [4.78, 5) is 10.9. The third-order valence-corrected chi connectivity index (χ3v) is 2.74. The largest absolute Gasteiger partial charge is 0.295 e. The predicted molar refractivity (Wildman–Crippen MR) is 56.1 cm³/mol. The lowest BCUT2D eigenvalue weighted by Crippen LogP contribution is -1.96. The number of ketones is 1. The Morgan fingerprint density at radius 1 is 1.31 bits per heavy atom. The summed E-state index contributed by atoms with van der Waals surface area (Å²) in [5, 5.41) is 0. The van der Waals surface area contributed by atoms with Crippen LogP contribution in [0.15, 0.2) is 12.2 Å². The SMILES string of the molecule is O=C1C=CC(CCCCCCCl)C1. The molecule has 0 saturated heterocycles. The van der Waals surface area contributed by atoms with Crippen molar-refractivity contribution in [1.29, 1.82) is 0 Å². The number of halogens is 1. The van der Waals surface area contributed by atoms with Gasteiger partial charge in [0.2, 0.25) is 0 Å². The fourth-order valence-electron chi connectivity index (χ4n) is 1.69. The Kier molecular flexibility index (Phi) is 5.14. The average molecular weight is 201 g/mol. The Balaban J connectivity index is 1.95. The van der Waals surface area contributed by atoms with E-state index in [0.29, 0.717) is 11.7 Å². The van der Waals surface area contributed by atoms with Gasteiger partial charge in [0.15, 0.2) is 5.78 Å². The van der Waals surface area contributed by atoms with Crippen LogP contribution in [0.5, 0.6) is 0 Å². The molecule has 0 fully saturated rings. The molecule has 0 bridgehead atoms. The van der Waals surface area contributed by atoms with Gasteiger partial charge in [-0.3, -0.25) is 4.79 Å². The molecule has 1 aliphatic carbocycles. The normalized spacial score (nSPS) is 21.3. The highest BCUT2D eigenvalue weighted by Crippen LogP contribution is 2.21. The zero-order valence-corrected chi connectivity index (χ0v) is 8.72. The van der Waals surface area contributed by atoms with Gasteiger partial charge in [0.1, 0.15) is 0 Å². The van der Waals surface area contributed by atoms with Crippen molar-refractivity contribution in [2.75, 3.05) is 5.88 Å². The summed E-state index contributed by atoms with van der Waals surface area (Å²) in [7, 11) is 0. The first-order chi connectivity index (χ1) is 6.33. The first-order valence-corrected chi connectivity index (χ1v) is 5.63. The van der Waals surface area contributed by atoms with Gasteiger partial charge in [0, 0.05) is 12.3 Å². The highest BCUT2D eigenvalue weighted by Gasteiger charge is 2.14. The maximum Gasteiger partial charge on any atom is 0.155 e. The number of hydrogen-bond acceptors (Lipinski definition) is 1. The van der Waals surface area contributed by atoms with Crippen LogP contribution in [-0.2, 0) is 4.79 Å². The number of alkyl halides is 1. The van der Waals surface area contributed by atoms with Crippen molar-refractivity contribution in [3.8, 4) is 0 Å². The van der Waals surface area contributed by atoms with E-state index < -0.39 is 0 Å². The third kappa shape index (κ3) is 4.47. The molecule has 0 aromatic carbocycles. The third-order valence-electron chi connectivity index (χ3n) is 2.48. The van der Waals surface area contributed by atoms with Crippen LogP contribution in [0.2, 0.25) is 0 Å². The molecule has 1 nitrogen and oxygen atoms in total. The molecule has 0 aromatic rings. The van der Waals surface area contributed by atoms with Gasteiger partial charge >= 0.3 is 0 Å². The molecule has 1 aliphatic rings. The number of hydrogen-bond donors (Lipinski definition) is 0. The molecule has 0 heterocycles. The van der Waals surface area contributed by atoms with E-state index in [2.05, 4.69) is 6.08 Å². The molecule has 74 valence electrons. The average Bonchev–Trinajstić information content (AvgIpc) is 2.51. The van der Waals surface area contributed by atoms with E-state index in [0.717, 1.165) is 18.7 Å². The lowest BCUT2D eigenvalue weighted by Gasteiger charge is -2.05. The van der Waals surface area contributed by atoms with Crippen molar-refractivity contribution in [3.63, 3.8) is 0 Å². The topological polar surface area (TPSA) is 17.1 Å². The Morgan fingerprint density at radius 2 is 2.08 bits per heavy atom. The molecule has 0 N–H and O–H groups in total. The monoisotopic (exact) mass is 200 g/mol. The summed E-state index contributed by atoms with van der Waals surface area (Å²) in [6.07, 6.45) is 10.5. The van der Waals surface area contributed by atoms with E-state index in [1.165, 1.54) is 25.7 Å². The maximum atomic E-state index is 10.9. The smallest absolute Gasteiger partial charge is 0.155 e. The van der Waals surface area contributed by atoms with Crippen LogP contribution in [0.4, 0.5) is 0 Å². The molecular weight excluding hydrogens is 184 g/mol. The summed E-state index contributed by atoms with van der Waals surface area (Å²) in [6, 6.07) is 0. The Labute approximate surface area is 85.2 Å². The van der Waals surface area contributed by atoms with E-state index in [-0.39, 0.29) is 0 Å². The summed E-state index contributed by atoms with van der Waals surface area (Å²) in [6.45, 7) is 0. The summed E-state index contributed by atoms with van der Waals surface area (Å²) < 4.78 is 0. The lowest BCUT2D eigenvalue weighted by molar-refractivity contribution is -0.114. The molecule has 0 aromatic heterocycles. The van der Waals surface area contributed by atoms with Gasteiger partial charge in [0.05, 0.1) is 0 Å². The van der Waals surface area contributed by atoms with Crippen molar-refractivity contribution >= 4 is 17.4 Å². The van der Waals surface area contributed by atoms with Crippen molar-refractivity contribution in [2.45, 2.75) is 38.5 Å². The molecule has 13 heavy (non-hydrogen) atoms. The van der Waals surface area contributed by atoms with E-state index in [4.69, 9.17) is 11.6 Å². The summed E-state index contributed by atoms with van der Waals surface area (Å²) in [5.41, 5.74) is 0. The van der Waals surface area contributed by atoms with Crippen LogP contribution in [0.3, 0.4) is 0 Å². The highest BCUT2D eigenvalue weighted by molar-refractivity contribution is 6.17. The Bertz CT molecular complexity index is 187. The van der Waals surface area contributed by atoms with Crippen molar-refractivity contribution in [3.05, 3.63) is 12.2 Å². The van der Waals surface area contributed by atoms with Crippen molar-refractivity contribution < 1.29 is 4.79 Å². The second-order valence-corrected chi connectivity index (χ2v) is 4.06. The molecule has 0 aliphatic heterocycles. The molecule has 1 rings (SSSR count). The van der Waals surface area contributed by atoms with Gasteiger partial charge in [0.25, 0.3) is 0 Å². The zero-order valence-electron chi connectivity index (χ0n) is 7.97. The van der Waals surface area contributed by atoms with Gasteiger partial charge < -0.3 is 0 Å². The number of rotatable bonds is 6. The Hall–Kier alpha value is -0.300. The van der Waals surface area contributed by atoms with Crippen LogP contribution >= 0.6 is 11.6 Å². The quantitative estimate of drug-likeness (QED) is 0.475. The van der Waals surface area contributed by atoms with E-state index in [1.807, 2.05) is 0 Å². The lowest BCUT2D eigenvalue weighted by atomic mass is 10.0. The van der Waals surface area contributed by atoms with Gasteiger partial charge in [-0.2, -0.15) is 0 Å². The van der Waals surface area contributed by atoms with Crippen LogP contribution in [0.1, 0.15) is 38.5 Å². The first kappa shape index (κ1) is 10.8. The molecule has 0 spiro atoms. The van der Waals surface area contributed by atoms with Gasteiger partial charge in [-0.1, -0.05) is 25.3 Å². The van der Waals surface area contributed by atoms with Crippen LogP contribution in [0, 0.1) is 5.92 Å². The van der Waals surface area contributed by atoms with Gasteiger partial charge in [-0.15, -0.1) is 11.6 Å². The van der Waals surface area contributed by atoms with E-state index in [9.17, 15) is 4.79 Å². The predicted octanol–water partition coefficient (Wildman–Crippen LogP) is 3.32. The fourth-order valence-corrected chi connectivity index (χ4v) is 1.88.